The highest BCUT2D eigenvalue weighted by Crippen LogP contribution is 2.36. The Kier molecular flexibility index (Phi) is 3.83. The third-order valence-corrected chi connectivity index (χ3v) is 4.95. The van der Waals surface area contributed by atoms with E-state index in [1.807, 2.05) is 0 Å². The molecule has 2 aliphatic rings. The molecule has 0 radical (unpaired) electrons. The quantitative estimate of drug-likeness (QED) is 0.886. The predicted molar refractivity (Wildman–Crippen MR) is 77.2 cm³/mol. The predicted octanol–water partition coefficient (Wildman–Crippen LogP) is 3.11. The van der Waals surface area contributed by atoms with Gasteiger partial charge in [0.1, 0.15) is 5.82 Å². The van der Waals surface area contributed by atoms with Gasteiger partial charge in [-0.25, -0.2) is 9.97 Å². The third kappa shape index (κ3) is 2.66. The standard InChI is InChI=1S/C16H25N3/c1-3-12-4-6-13(7-5-12)16-18-11(2)14-8-9-17-10-15(14)19-16/h12-13,17H,3-10H2,1-2H3. The minimum absolute atomic E-state index is 0.605. The molecule has 3 rings (SSSR count). The average Bonchev–Trinajstić information content (AvgIpc) is 2.47. The topological polar surface area (TPSA) is 37.8 Å². The third-order valence-electron chi connectivity index (χ3n) is 4.95. The minimum atomic E-state index is 0.605. The van der Waals surface area contributed by atoms with Crippen molar-refractivity contribution in [3.63, 3.8) is 0 Å². The normalized spacial score (nSPS) is 27.1. The van der Waals surface area contributed by atoms with Crippen LogP contribution in [-0.4, -0.2) is 16.5 Å². The Hall–Kier alpha value is -0.960. The molecule has 3 heteroatoms. The number of nitrogens with zero attached hydrogens (tertiary/aromatic N) is 2. The number of rotatable bonds is 2. The molecule has 1 N–H and O–H groups in total. The number of hydrogen-bond donors (Lipinski definition) is 1. The molecule has 0 unspecified atom stereocenters. The van der Waals surface area contributed by atoms with Gasteiger partial charge in [-0.05, 0) is 57.1 Å². The molecule has 2 heterocycles. The van der Waals surface area contributed by atoms with Gasteiger partial charge in [-0.3, -0.25) is 0 Å². The summed E-state index contributed by atoms with van der Waals surface area (Å²) in [7, 11) is 0. The number of nitrogens with one attached hydrogen (secondary N) is 1. The zero-order chi connectivity index (χ0) is 13.2. The first-order chi connectivity index (χ1) is 9.28. The Morgan fingerprint density at radius 3 is 2.68 bits per heavy atom. The molecule has 1 aromatic heterocycles. The van der Waals surface area contributed by atoms with Crippen LogP contribution in [0.15, 0.2) is 0 Å². The van der Waals surface area contributed by atoms with Crippen molar-refractivity contribution in [2.45, 2.75) is 64.8 Å². The molecule has 1 aliphatic carbocycles. The van der Waals surface area contributed by atoms with E-state index in [2.05, 4.69) is 19.2 Å². The molecule has 1 fully saturated rings. The molecule has 0 bridgehead atoms. The van der Waals surface area contributed by atoms with Crippen molar-refractivity contribution in [2.75, 3.05) is 6.54 Å². The van der Waals surface area contributed by atoms with Gasteiger partial charge in [0.15, 0.2) is 0 Å². The smallest absolute Gasteiger partial charge is 0.132 e. The molecule has 0 aromatic carbocycles. The van der Waals surface area contributed by atoms with Crippen LogP contribution < -0.4 is 5.32 Å². The van der Waals surface area contributed by atoms with Crippen molar-refractivity contribution in [1.82, 2.24) is 15.3 Å². The molecule has 0 amide bonds. The second-order valence-electron chi connectivity index (χ2n) is 6.15. The van der Waals surface area contributed by atoms with E-state index in [1.54, 1.807) is 0 Å². The van der Waals surface area contributed by atoms with Gasteiger partial charge in [-0.15, -0.1) is 0 Å². The fraction of sp³-hybridized carbons (Fsp3) is 0.750. The van der Waals surface area contributed by atoms with E-state index in [9.17, 15) is 0 Å². The van der Waals surface area contributed by atoms with Crippen molar-refractivity contribution in [1.29, 1.82) is 0 Å². The molecule has 1 aliphatic heterocycles. The molecule has 1 aromatic rings. The Balaban J connectivity index is 1.80. The lowest BCUT2D eigenvalue weighted by atomic mass is 9.80. The monoisotopic (exact) mass is 259 g/mol. The van der Waals surface area contributed by atoms with Crippen LogP contribution in [0.1, 0.15) is 67.7 Å². The maximum Gasteiger partial charge on any atom is 0.132 e. The molecular formula is C16H25N3. The van der Waals surface area contributed by atoms with Gasteiger partial charge in [0.25, 0.3) is 0 Å². The summed E-state index contributed by atoms with van der Waals surface area (Å²) in [5, 5.41) is 3.42. The SMILES string of the molecule is CCC1CCC(c2nc(C)c3c(n2)CNCC3)CC1. The second-order valence-corrected chi connectivity index (χ2v) is 6.15. The summed E-state index contributed by atoms with van der Waals surface area (Å²) in [5.74, 6) is 2.67. The molecule has 3 nitrogen and oxygen atoms in total. The van der Waals surface area contributed by atoms with Crippen molar-refractivity contribution in [2.24, 2.45) is 5.92 Å². The van der Waals surface area contributed by atoms with Gasteiger partial charge >= 0.3 is 0 Å². The lowest BCUT2D eigenvalue weighted by Gasteiger charge is -2.28. The molecule has 104 valence electrons. The van der Waals surface area contributed by atoms with Crippen molar-refractivity contribution in [3.05, 3.63) is 22.8 Å². The highest BCUT2D eigenvalue weighted by molar-refractivity contribution is 5.28. The molecule has 0 saturated heterocycles. The first kappa shape index (κ1) is 13.0. The van der Waals surface area contributed by atoms with Gasteiger partial charge in [0.2, 0.25) is 0 Å². The summed E-state index contributed by atoms with van der Waals surface area (Å²) in [6.45, 7) is 6.47. The zero-order valence-corrected chi connectivity index (χ0v) is 12.2. The summed E-state index contributed by atoms with van der Waals surface area (Å²) >= 11 is 0. The Morgan fingerprint density at radius 1 is 1.16 bits per heavy atom. The molecule has 0 atom stereocenters. The van der Waals surface area contributed by atoms with Gasteiger partial charge in [0.05, 0.1) is 5.69 Å². The highest BCUT2D eigenvalue weighted by Gasteiger charge is 2.25. The highest BCUT2D eigenvalue weighted by atomic mass is 15.0. The molecule has 1 saturated carbocycles. The lowest BCUT2D eigenvalue weighted by Crippen LogP contribution is -2.27. The fourth-order valence-corrected chi connectivity index (χ4v) is 3.58. The molecule has 19 heavy (non-hydrogen) atoms. The van der Waals surface area contributed by atoms with E-state index < -0.39 is 0 Å². The number of fused-ring (bicyclic) bond motifs is 1. The Bertz CT molecular complexity index is 448. The number of aromatic nitrogens is 2. The van der Waals surface area contributed by atoms with Crippen LogP contribution in [0, 0.1) is 12.8 Å². The summed E-state index contributed by atoms with van der Waals surface area (Å²) in [4.78, 5) is 9.70. The summed E-state index contributed by atoms with van der Waals surface area (Å²) in [6, 6.07) is 0. The van der Waals surface area contributed by atoms with Gasteiger partial charge < -0.3 is 5.32 Å². The lowest BCUT2D eigenvalue weighted by molar-refractivity contribution is 0.311. The van der Waals surface area contributed by atoms with E-state index in [4.69, 9.17) is 9.97 Å². The first-order valence-corrected chi connectivity index (χ1v) is 7.85. The van der Waals surface area contributed by atoms with E-state index in [0.717, 1.165) is 31.3 Å². The van der Waals surface area contributed by atoms with E-state index in [0.29, 0.717) is 5.92 Å². The van der Waals surface area contributed by atoms with Gasteiger partial charge in [0, 0.05) is 18.2 Å². The van der Waals surface area contributed by atoms with Crippen molar-refractivity contribution in [3.8, 4) is 0 Å². The molecule has 0 spiro atoms. The molecular weight excluding hydrogens is 234 g/mol. The Labute approximate surface area is 116 Å². The largest absolute Gasteiger partial charge is 0.311 e. The van der Waals surface area contributed by atoms with Crippen LogP contribution in [0.2, 0.25) is 0 Å². The number of hydrogen-bond acceptors (Lipinski definition) is 3. The number of aryl methyl sites for hydroxylation is 1. The average molecular weight is 259 g/mol. The summed E-state index contributed by atoms with van der Waals surface area (Å²) < 4.78 is 0. The second kappa shape index (κ2) is 5.58. The van der Waals surface area contributed by atoms with Crippen LogP contribution in [0.4, 0.5) is 0 Å². The maximum atomic E-state index is 4.88. The maximum absolute atomic E-state index is 4.88. The minimum Gasteiger partial charge on any atom is -0.311 e. The van der Waals surface area contributed by atoms with Crippen LogP contribution in [0.3, 0.4) is 0 Å². The van der Waals surface area contributed by atoms with E-state index >= 15 is 0 Å². The fourth-order valence-electron chi connectivity index (χ4n) is 3.58. The van der Waals surface area contributed by atoms with Crippen LogP contribution in [0.25, 0.3) is 0 Å². The summed E-state index contributed by atoms with van der Waals surface area (Å²) in [6.07, 6.45) is 7.71. The summed E-state index contributed by atoms with van der Waals surface area (Å²) in [5.41, 5.74) is 3.87. The zero-order valence-electron chi connectivity index (χ0n) is 12.2. The van der Waals surface area contributed by atoms with Gasteiger partial charge in [-0.2, -0.15) is 0 Å². The van der Waals surface area contributed by atoms with Crippen molar-refractivity contribution < 1.29 is 0 Å². The van der Waals surface area contributed by atoms with E-state index in [-0.39, 0.29) is 0 Å². The van der Waals surface area contributed by atoms with Crippen molar-refractivity contribution >= 4 is 0 Å². The van der Waals surface area contributed by atoms with Crippen LogP contribution in [-0.2, 0) is 13.0 Å². The van der Waals surface area contributed by atoms with Gasteiger partial charge in [-0.1, -0.05) is 13.3 Å². The van der Waals surface area contributed by atoms with Crippen LogP contribution in [0.5, 0.6) is 0 Å². The van der Waals surface area contributed by atoms with E-state index in [1.165, 1.54) is 49.1 Å². The first-order valence-electron chi connectivity index (χ1n) is 7.85. The van der Waals surface area contributed by atoms with Crippen LogP contribution >= 0.6 is 0 Å². The Morgan fingerprint density at radius 2 is 1.95 bits per heavy atom.